The second-order valence-corrected chi connectivity index (χ2v) is 4.93. The minimum atomic E-state index is 0.161. The molecule has 5 nitrogen and oxygen atoms in total. The molecule has 2 unspecified atom stereocenters. The summed E-state index contributed by atoms with van der Waals surface area (Å²) in [6, 6.07) is 4.21. The van der Waals surface area contributed by atoms with Crippen LogP contribution in [0.2, 0.25) is 0 Å². The van der Waals surface area contributed by atoms with Crippen LogP contribution in [0.4, 0.5) is 0 Å². The first-order valence-electron chi connectivity index (χ1n) is 6.63. The molecule has 0 amide bonds. The van der Waals surface area contributed by atoms with Crippen molar-refractivity contribution in [2.75, 3.05) is 34.4 Å². The minimum Gasteiger partial charge on any atom is -0.377 e. The lowest BCUT2D eigenvalue weighted by Gasteiger charge is -2.14. The number of likely N-dealkylation sites (tertiary alicyclic amines) is 1. The molecule has 2 heterocycles. The van der Waals surface area contributed by atoms with Crippen LogP contribution in [0.1, 0.15) is 11.3 Å². The van der Waals surface area contributed by atoms with E-state index in [2.05, 4.69) is 27.3 Å². The van der Waals surface area contributed by atoms with Gasteiger partial charge in [0.05, 0.1) is 17.9 Å². The Morgan fingerprint density at radius 1 is 1.26 bits per heavy atom. The molecule has 5 heteroatoms. The largest absolute Gasteiger partial charge is 0.377 e. The molecule has 1 aromatic rings. The first-order chi connectivity index (χ1) is 9.26. The second-order valence-electron chi connectivity index (χ2n) is 4.93. The summed E-state index contributed by atoms with van der Waals surface area (Å²) in [6.45, 7) is 3.50. The zero-order chi connectivity index (χ0) is 13.7. The highest BCUT2D eigenvalue weighted by Crippen LogP contribution is 2.17. The van der Waals surface area contributed by atoms with Crippen molar-refractivity contribution in [1.29, 1.82) is 0 Å². The summed E-state index contributed by atoms with van der Waals surface area (Å²) in [5.41, 5.74) is 2.30. The van der Waals surface area contributed by atoms with E-state index < -0.39 is 0 Å². The highest BCUT2D eigenvalue weighted by molar-refractivity contribution is 5.14. The minimum absolute atomic E-state index is 0.161. The number of hydrogen-bond donors (Lipinski definition) is 1. The number of rotatable bonds is 6. The standard InChI is InChI=1S/C14H23N3O2/c1-15-6-11-4-5-12(16-7-11)8-17-9-13(18-2)14(10-17)19-3/h4-5,7,13-15H,6,8-10H2,1-3H3. The lowest BCUT2D eigenvalue weighted by atomic mass is 10.2. The van der Waals surface area contributed by atoms with Crippen LogP contribution in [0.5, 0.6) is 0 Å². The predicted octanol–water partition coefficient (Wildman–Crippen LogP) is 0.647. The number of aromatic nitrogens is 1. The molecule has 1 saturated heterocycles. The Balaban J connectivity index is 1.91. The molecule has 19 heavy (non-hydrogen) atoms. The van der Waals surface area contributed by atoms with E-state index in [1.54, 1.807) is 14.2 Å². The molecular weight excluding hydrogens is 242 g/mol. The van der Waals surface area contributed by atoms with E-state index in [1.165, 1.54) is 5.56 Å². The Morgan fingerprint density at radius 3 is 2.42 bits per heavy atom. The highest BCUT2D eigenvalue weighted by atomic mass is 16.5. The van der Waals surface area contributed by atoms with E-state index in [-0.39, 0.29) is 12.2 Å². The van der Waals surface area contributed by atoms with Crippen molar-refractivity contribution in [1.82, 2.24) is 15.2 Å². The fourth-order valence-electron chi connectivity index (χ4n) is 2.49. The maximum atomic E-state index is 5.44. The van der Waals surface area contributed by atoms with Gasteiger partial charge in [0.15, 0.2) is 0 Å². The molecule has 0 spiro atoms. The van der Waals surface area contributed by atoms with Gasteiger partial charge in [-0.3, -0.25) is 9.88 Å². The molecule has 1 aromatic heterocycles. The van der Waals surface area contributed by atoms with Crippen LogP contribution in [-0.2, 0) is 22.6 Å². The number of ether oxygens (including phenoxy) is 2. The molecule has 0 saturated carbocycles. The molecule has 1 fully saturated rings. The molecule has 0 aromatic carbocycles. The topological polar surface area (TPSA) is 46.6 Å². The molecule has 0 radical (unpaired) electrons. The van der Waals surface area contributed by atoms with Gasteiger partial charge in [0.25, 0.3) is 0 Å². The molecule has 2 rings (SSSR count). The van der Waals surface area contributed by atoms with Gasteiger partial charge in [0.2, 0.25) is 0 Å². The van der Waals surface area contributed by atoms with Gasteiger partial charge in [-0.2, -0.15) is 0 Å². The summed E-state index contributed by atoms with van der Waals surface area (Å²) < 4.78 is 10.9. The Hall–Kier alpha value is -1.01. The van der Waals surface area contributed by atoms with Crippen LogP contribution in [0.25, 0.3) is 0 Å². The number of pyridine rings is 1. The van der Waals surface area contributed by atoms with Gasteiger partial charge in [0.1, 0.15) is 0 Å². The van der Waals surface area contributed by atoms with Gasteiger partial charge in [-0.05, 0) is 18.7 Å². The third-order valence-electron chi connectivity index (χ3n) is 3.55. The summed E-state index contributed by atoms with van der Waals surface area (Å²) >= 11 is 0. The Morgan fingerprint density at radius 2 is 1.95 bits per heavy atom. The quantitative estimate of drug-likeness (QED) is 0.818. The molecular formula is C14H23N3O2. The summed E-state index contributed by atoms with van der Waals surface area (Å²) in [7, 11) is 5.42. The summed E-state index contributed by atoms with van der Waals surface area (Å²) in [6.07, 6.45) is 2.26. The Bertz CT molecular complexity index is 371. The predicted molar refractivity (Wildman–Crippen MR) is 73.9 cm³/mol. The van der Waals surface area contributed by atoms with E-state index in [9.17, 15) is 0 Å². The number of methoxy groups -OCH3 is 2. The fourth-order valence-corrected chi connectivity index (χ4v) is 2.49. The van der Waals surface area contributed by atoms with Crippen molar-refractivity contribution in [3.63, 3.8) is 0 Å². The number of nitrogens with one attached hydrogen (secondary N) is 1. The van der Waals surface area contributed by atoms with E-state index >= 15 is 0 Å². The lowest BCUT2D eigenvalue weighted by Crippen LogP contribution is -2.27. The van der Waals surface area contributed by atoms with Gasteiger partial charge < -0.3 is 14.8 Å². The third-order valence-corrected chi connectivity index (χ3v) is 3.55. The van der Waals surface area contributed by atoms with Crippen LogP contribution in [-0.4, -0.2) is 56.4 Å². The SMILES string of the molecule is CNCc1ccc(CN2CC(OC)C(OC)C2)nc1. The molecule has 1 N–H and O–H groups in total. The smallest absolute Gasteiger partial charge is 0.0971 e. The molecule has 1 aliphatic rings. The monoisotopic (exact) mass is 265 g/mol. The second kappa shape index (κ2) is 6.96. The van der Waals surface area contributed by atoms with Crippen molar-refractivity contribution in [2.24, 2.45) is 0 Å². The maximum Gasteiger partial charge on any atom is 0.0971 e. The Kier molecular flexibility index (Phi) is 5.27. The van der Waals surface area contributed by atoms with Crippen LogP contribution < -0.4 is 5.32 Å². The molecule has 0 bridgehead atoms. The molecule has 106 valence electrons. The van der Waals surface area contributed by atoms with E-state index in [0.29, 0.717) is 0 Å². The number of nitrogens with zero attached hydrogens (tertiary/aromatic N) is 2. The zero-order valence-electron chi connectivity index (χ0n) is 11.9. The van der Waals surface area contributed by atoms with Gasteiger partial charge >= 0.3 is 0 Å². The summed E-state index contributed by atoms with van der Waals surface area (Å²) in [4.78, 5) is 6.82. The molecule has 1 aliphatic heterocycles. The molecule has 2 atom stereocenters. The fraction of sp³-hybridized carbons (Fsp3) is 0.643. The van der Waals surface area contributed by atoms with Gasteiger partial charge in [0, 0.05) is 46.6 Å². The van der Waals surface area contributed by atoms with E-state index in [1.807, 2.05) is 13.2 Å². The zero-order valence-corrected chi connectivity index (χ0v) is 11.9. The lowest BCUT2D eigenvalue weighted by molar-refractivity contribution is -0.00461. The first-order valence-corrected chi connectivity index (χ1v) is 6.63. The molecule has 0 aliphatic carbocycles. The van der Waals surface area contributed by atoms with E-state index in [4.69, 9.17) is 9.47 Å². The average Bonchev–Trinajstić information content (AvgIpc) is 2.83. The summed E-state index contributed by atoms with van der Waals surface area (Å²) in [5.74, 6) is 0. The number of hydrogen-bond acceptors (Lipinski definition) is 5. The summed E-state index contributed by atoms with van der Waals surface area (Å²) in [5, 5.41) is 3.12. The first kappa shape index (κ1) is 14.4. The van der Waals surface area contributed by atoms with Crippen LogP contribution >= 0.6 is 0 Å². The third kappa shape index (κ3) is 3.73. The average molecular weight is 265 g/mol. The van der Waals surface area contributed by atoms with Crippen molar-refractivity contribution < 1.29 is 9.47 Å². The van der Waals surface area contributed by atoms with Crippen molar-refractivity contribution in [2.45, 2.75) is 25.3 Å². The van der Waals surface area contributed by atoms with Crippen molar-refractivity contribution >= 4 is 0 Å². The van der Waals surface area contributed by atoms with Crippen LogP contribution in [0, 0.1) is 0 Å². The highest BCUT2D eigenvalue weighted by Gasteiger charge is 2.32. The maximum absolute atomic E-state index is 5.44. The normalized spacial score (nSPS) is 23.9. The van der Waals surface area contributed by atoms with Crippen molar-refractivity contribution in [3.05, 3.63) is 29.6 Å². The van der Waals surface area contributed by atoms with E-state index in [0.717, 1.165) is 31.9 Å². The van der Waals surface area contributed by atoms with Crippen LogP contribution in [0.15, 0.2) is 18.3 Å². The van der Waals surface area contributed by atoms with Gasteiger partial charge in [-0.15, -0.1) is 0 Å². The van der Waals surface area contributed by atoms with Crippen LogP contribution in [0.3, 0.4) is 0 Å². The van der Waals surface area contributed by atoms with Gasteiger partial charge in [-0.1, -0.05) is 6.07 Å². The van der Waals surface area contributed by atoms with Gasteiger partial charge in [-0.25, -0.2) is 0 Å². The van der Waals surface area contributed by atoms with Crippen molar-refractivity contribution in [3.8, 4) is 0 Å². The Labute approximate surface area is 114 Å².